The van der Waals surface area contributed by atoms with Crippen LogP contribution in [0, 0.1) is 0 Å². The highest BCUT2D eigenvalue weighted by Crippen LogP contribution is 2.25. The van der Waals surface area contributed by atoms with Crippen LogP contribution in [-0.4, -0.2) is 22.1 Å². The zero-order chi connectivity index (χ0) is 14.0. The standard InChI is InChI=1S/C14H16ClN3O/c1-14(2,3)10-8-11(15)18-13(17-10)9-6-5-7-12(16-9)19-4/h5-8H,1-4H3. The third-order valence-electron chi connectivity index (χ3n) is 2.63. The van der Waals surface area contributed by atoms with Crippen LogP contribution in [0.1, 0.15) is 26.5 Å². The highest BCUT2D eigenvalue weighted by Gasteiger charge is 2.18. The van der Waals surface area contributed by atoms with Crippen molar-refractivity contribution in [3.63, 3.8) is 0 Å². The summed E-state index contributed by atoms with van der Waals surface area (Å²) in [5, 5.41) is 0.416. The molecule has 2 aromatic rings. The Balaban J connectivity index is 2.53. The molecule has 0 aliphatic heterocycles. The number of nitrogens with zero attached hydrogens (tertiary/aromatic N) is 3. The minimum Gasteiger partial charge on any atom is -0.481 e. The van der Waals surface area contributed by atoms with Gasteiger partial charge in [0.25, 0.3) is 0 Å². The molecular formula is C14H16ClN3O. The SMILES string of the molecule is COc1cccc(-c2nc(Cl)cc(C(C)(C)C)n2)n1. The van der Waals surface area contributed by atoms with Gasteiger partial charge in [0, 0.05) is 11.5 Å². The third kappa shape index (κ3) is 3.20. The van der Waals surface area contributed by atoms with Gasteiger partial charge in [-0.25, -0.2) is 15.0 Å². The van der Waals surface area contributed by atoms with E-state index in [1.54, 1.807) is 19.2 Å². The molecule has 0 unspecified atom stereocenters. The summed E-state index contributed by atoms with van der Waals surface area (Å²) in [6.07, 6.45) is 0. The van der Waals surface area contributed by atoms with Crippen LogP contribution < -0.4 is 4.74 Å². The molecule has 5 heteroatoms. The summed E-state index contributed by atoms with van der Waals surface area (Å²) in [6, 6.07) is 7.24. The Hall–Kier alpha value is -1.68. The molecule has 0 aliphatic carbocycles. The maximum absolute atomic E-state index is 6.07. The zero-order valence-electron chi connectivity index (χ0n) is 11.4. The molecule has 19 heavy (non-hydrogen) atoms. The molecular weight excluding hydrogens is 262 g/mol. The average molecular weight is 278 g/mol. The molecule has 0 aromatic carbocycles. The van der Waals surface area contributed by atoms with Gasteiger partial charge in [-0.1, -0.05) is 38.4 Å². The summed E-state index contributed by atoms with van der Waals surface area (Å²) in [4.78, 5) is 13.1. The molecule has 0 saturated carbocycles. The van der Waals surface area contributed by atoms with E-state index in [4.69, 9.17) is 16.3 Å². The number of rotatable bonds is 2. The molecule has 4 nitrogen and oxygen atoms in total. The number of pyridine rings is 1. The number of aromatic nitrogens is 3. The monoisotopic (exact) mass is 277 g/mol. The van der Waals surface area contributed by atoms with Crippen molar-refractivity contribution in [1.82, 2.24) is 15.0 Å². The van der Waals surface area contributed by atoms with Crippen molar-refractivity contribution >= 4 is 11.6 Å². The van der Waals surface area contributed by atoms with Gasteiger partial charge < -0.3 is 4.74 Å². The molecule has 0 bridgehead atoms. The van der Waals surface area contributed by atoms with Gasteiger partial charge in [0.1, 0.15) is 10.8 Å². The molecule has 0 radical (unpaired) electrons. The van der Waals surface area contributed by atoms with Crippen molar-refractivity contribution in [3.05, 3.63) is 35.1 Å². The first kappa shape index (κ1) is 13.7. The van der Waals surface area contributed by atoms with Crippen LogP contribution in [0.4, 0.5) is 0 Å². The van der Waals surface area contributed by atoms with Gasteiger partial charge in [-0.3, -0.25) is 0 Å². The first-order chi connectivity index (χ1) is 8.90. The lowest BCUT2D eigenvalue weighted by Crippen LogP contribution is -2.14. The summed E-state index contributed by atoms with van der Waals surface area (Å²) in [7, 11) is 1.57. The Labute approximate surface area is 117 Å². The van der Waals surface area contributed by atoms with Crippen LogP contribution >= 0.6 is 11.6 Å². The van der Waals surface area contributed by atoms with Crippen LogP contribution in [0.2, 0.25) is 5.15 Å². The molecule has 0 aliphatic rings. The minimum atomic E-state index is -0.0970. The van der Waals surface area contributed by atoms with Crippen molar-refractivity contribution in [2.45, 2.75) is 26.2 Å². The van der Waals surface area contributed by atoms with E-state index in [-0.39, 0.29) is 5.41 Å². The second-order valence-corrected chi connectivity index (χ2v) is 5.60. The molecule has 0 saturated heterocycles. The van der Waals surface area contributed by atoms with Gasteiger partial charge in [0.15, 0.2) is 5.82 Å². The van der Waals surface area contributed by atoms with Gasteiger partial charge in [-0.05, 0) is 12.1 Å². The molecule has 0 amide bonds. The van der Waals surface area contributed by atoms with E-state index in [1.165, 1.54) is 0 Å². The quantitative estimate of drug-likeness (QED) is 0.788. The summed E-state index contributed by atoms with van der Waals surface area (Å²) in [6.45, 7) is 6.23. The molecule has 0 N–H and O–H groups in total. The van der Waals surface area contributed by atoms with E-state index in [2.05, 4.69) is 35.7 Å². The Kier molecular flexibility index (Phi) is 3.71. The summed E-state index contributed by atoms with van der Waals surface area (Å²) in [5.41, 5.74) is 1.43. The number of ether oxygens (including phenoxy) is 1. The lowest BCUT2D eigenvalue weighted by molar-refractivity contribution is 0.398. The van der Waals surface area contributed by atoms with E-state index in [9.17, 15) is 0 Å². The topological polar surface area (TPSA) is 47.9 Å². The van der Waals surface area contributed by atoms with E-state index in [0.717, 1.165) is 5.69 Å². The first-order valence-electron chi connectivity index (χ1n) is 5.96. The van der Waals surface area contributed by atoms with E-state index in [1.807, 2.05) is 12.1 Å². The second-order valence-electron chi connectivity index (χ2n) is 5.21. The van der Waals surface area contributed by atoms with Crippen molar-refractivity contribution in [2.75, 3.05) is 7.11 Å². The van der Waals surface area contributed by atoms with E-state index < -0.39 is 0 Å². The average Bonchev–Trinajstić information content (AvgIpc) is 2.37. The normalized spacial score (nSPS) is 11.4. The molecule has 100 valence electrons. The third-order valence-corrected chi connectivity index (χ3v) is 2.82. The largest absolute Gasteiger partial charge is 0.481 e. The van der Waals surface area contributed by atoms with Crippen LogP contribution in [0.3, 0.4) is 0 Å². The molecule has 0 fully saturated rings. The second kappa shape index (κ2) is 5.13. The van der Waals surface area contributed by atoms with Gasteiger partial charge in [-0.2, -0.15) is 0 Å². The van der Waals surface area contributed by atoms with Crippen LogP contribution in [0.5, 0.6) is 5.88 Å². The van der Waals surface area contributed by atoms with Gasteiger partial charge in [-0.15, -0.1) is 0 Å². The predicted octanol–water partition coefficient (Wildman–Crippen LogP) is 3.50. The van der Waals surface area contributed by atoms with Gasteiger partial charge in [0.2, 0.25) is 5.88 Å². The number of methoxy groups -OCH3 is 1. The van der Waals surface area contributed by atoms with Crippen molar-refractivity contribution in [1.29, 1.82) is 0 Å². The highest BCUT2D eigenvalue weighted by atomic mass is 35.5. The van der Waals surface area contributed by atoms with Crippen LogP contribution in [-0.2, 0) is 5.41 Å². The smallest absolute Gasteiger partial charge is 0.213 e. The van der Waals surface area contributed by atoms with Crippen LogP contribution in [0.25, 0.3) is 11.5 Å². The Morgan fingerprint density at radius 2 is 1.84 bits per heavy atom. The summed E-state index contributed by atoms with van der Waals surface area (Å²) in [5.74, 6) is 1.04. The highest BCUT2D eigenvalue weighted by molar-refractivity contribution is 6.29. The van der Waals surface area contributed by atoms with E-state index in [0.29, 0.717) is 22.6 Å². The zero-order valence-corrected chi connectivity index (χ0v) is 12.2. The Bertz CT molecular complexity index is 593. The fourth-order valence-electron chi connectivity index (χ4n) is 1.57. The van der Waals surface area contributed by atoms with Crippen molar-refractivity contribution < 1.29 is 4.74 Å². The van der Waals surface area contributed by atoms with Crippen LogP contribution in [0.15, 0.2) is 24.3 Å². The number of halogens is 1. The summed E-state index contributed by atoms with van der Waals surface area (Å²) < 4.78 is 5.10. The molecule has 2 heterocycles. The lowest BCUT2D eigenvalue weighted by atomic mass is 9.92. The number of hydrogen-bond acceptors (Lipinski definition) is 4. The lowest BCUT2D eigenvalue weighted by Gasteiger charge is -2.18. The Morgan fingerprint density at radius 1 is 1.11 bits per heavy atom. The number of hydrogen-bond donors (Lipinski definition) is 0. The predicted molar refractivity (Wildman–Crippen MR) is 75.5 cm³/mol. The molecule has 2 rings (SSSR count). The Morgan fingerprint density at radius 3 is 2.47 bits per heavy atom. The maximum atomic E-state index is 6.07. The van der Waals surface area contributed by atoms with Gasteiger partial charge >= 0.3 is 0 Å². The van der Waals surface area contributed by atoms with Crippen molar-refractivity contribution in [3.8, 4) is 17.4 Å². The molecule has 2 aromatic heterocycles. The van der Waals surface area contributed by atoms with Crippen molar-refractivity contribution in [2.24, 2.45) is 0 Å². The minimum absolute atomic E-state index is 0.0970. The fraction of sp³-hybridized carbons (Fsp3) is 0.357. The maximum Gasteiger partial charge on any atom is 0.213 e. The fourth-order valence-corrected chi connectivity index (χ4v) is 1.75. The first-order valence-corrected chi connectivity index (χ1v) is 6.34. The molecule has 0 spiro atoms. The van der Waals surface area contributed by atoms with E-state index >= 15 is 0 Å². The molecule has 0 atom stereocenters. The summed E-state index contributed by atoms with van der Waals surface area (Å²) >= 11 is 6.07. The van der Waals surface area contributed by atoms with Gasteiger partial charge in [0.05, 0.1) is 12.8 Å².